The van der Waals surface area contributed by atoms with E-state index in [1.165, 1.54) is 11.3 Å². The molecule has 30 heavy (non-hydrogen) atoms. The standard InChI is InChI=1S/C23H28N4O2S/c1-4-12-27(22(29)20-15-19-16(2)24-25(3)23(19)30-20)18-10-13-26(14-11-18)21(28)17-8-6-5-7-9-17/h5-9,15,18H,4,10-14H2,1-3H3. The number of rotatable bonds is 5. The third-order valence-corrected chi connectivity index (χ3v) is 7.04. The molecule has 2 aromatic heterocycles. The quantitative estimate of drug-likeness (QED) is 0.620. The van der Waals surface area contributed by atoms with Crippen LogP contribution in [0.1, 0.15) is 51.9 Å². The first-order valence-electron chi connectivity index (χ1n) is 10.6. The van der Waals surface area contributed by atoms with Crippen LogP contribution in [-0.2, 0) is 7.05 Å². The van der Waals surface area contributed by atoms with E-state index >= 15 is 0 Å². The van der Waals surface area contributed by atoms with Crippen LogP contribution >= 0.6 is 11.3 Å². The molecule has 1 aliphatic rings. The number of carbonyl (C=O) groups is 2. The molecule has 1 fully saturated rings. The molecule has 4 rings (SSSR count). The highest BCUT2D eigenvalue weighted by molar-refractivity contribution is 7.20. The summed E-state index contributed by atoms with van der Waals surface area (Å²) in [5.74, 6) is 0.181. The second-order valence-corrected chi connectivity index (χ2v) is 8.96. The average molecular weight is 425 g/mol. The molecule has 0 atom stereocenters. The van der Waals surface area contributed by atoms with Gasteiger partial charge in [0.1, 0.15) is 4.83 Å². The first kappa shape index (κ1) is 20.6. The molecule has 6 nitrogen and oxygen atoms in total. The minimum atomic E-state index is 0.0786. The van der Waals surface area contributed by atoms with Crippen LogP contribution in [0.3, 0.4) is 0 Å². The van der Waals surface area contributed by atoms with E-state index in [0.29, 0.717) is 13.1 Å². The number of aryl methyl sites for hydroxylation is 2. The summed E-state index contributed by atoms with van der Waals surface area (Å²) in [5, 5.41) is 5.50. The molecule has 0 unspecified atom stereocenters. The summed E-state index contributed by atoms with van der Waals surface area (Å²) in [6, 6.07) is 11.6. The summed E-state index contributed by atoms with van der Waals surface area (Å²) < 4.78 is 1.85. The van der Waals surface area contributed by atoms with Crippen molar-refractivity contribution >= 4 is 33.4 Å². The SMILES string of the molecule is CCCN(C(=O)c1cc2c(C)nn(C)c2s1)C1CCN(C(=O)c2ccccc2)CC1. The summed E-state index contributed by atoms with van der Waals surface area (Å²) in [7, 11) is 1.92. The summed E-state index contributed by atoms with van der Waals surface area (Å²) in [6.07, 6.45) is 2.55. The molecule has 0 aliphatic carbocycles. The lowest BCUT2D eigenvalue weighted by molar-refractivity contribution is 0.0522. The van der Waals surface area contributed by atoms with Crippen LogP contribution in [-0.4, -0.2) is 57.1 Å². The van der Waals surface area contributed by atoms with Gasteiger partial charge in [0.05, 0.1) is 10.6 Å². The highest BCUT2D eigenvalue weighted by Crippen LogP contribution is 2.30. The van der Waals surface area contributed by atoms with Crippen LogP contribution < -0.4 is 0 Å². The summed E-state index contributed by atoms with van der Waals surface area (Å²) in [4.78, 5) is 31.9. The minimum Gasteiger partial charge on any atom is -0.338 e. The van der Waals surface area contributed by atoms with E-state index in [4.69, 9.17) is 0 Å². The van der Waals surface area contributed by atoms with Crippen molar-refractivity contribution in [1.82, 2.24) is 19.6 Å². The van der Waals surface area contributed by atoms with Crippen molar-refractivity contribution in [2.24, 2.45) is 7.05 Å². The highest BCUT2D eigenvalue weighted by Gasteiger charge is 2.31. The lowest BCUT2D eigenvalue weighted by Gasteiger charge is -2.38. The maximum absolute atomic E-state index is 13.4. The smallest absolute Gasteiger partial charge is 0.264 e. The number of benzene rings is 1. The third kappa shape index (κ3) is 3.86. The van der Waals surface area contributed by atoms with E-state index in [-0.39, 0.29) is 17.9 Å². The average Bonchev–Trinajstić information content (AvgIpc) is 3.33. The fourth-order valence-corrected chi connectivity index (χ4v) is 5.37. The van der Waals surface area contributed by atoms with Gasteiger partial charge in [0.25, 0.3) is 11.8 Å². The maximum Gasteiger partial charge on any atom is 0.264 e. The first-order chi connectivity index (χ1) is 14.5. The number of likely N-dealkylation sites (tertiary alicyclic amines) is 1. The number of amides is 2. The molecule has 2 amide bonds. The Balaban J connectivity index is 1.47. The number of aromatic nitrogens is 2. The van der Waals surface area contributed by atoms with Crippen molar-refractivity contribution in [1.29, 1.82) is 0 Å². The van der Waals surface area contributed by atoms with Crippen LogP contribution in [0.2, 0.25) is 0 Å². The lowest BCUT2D eigenvalue weighted by atomic mass is 10.0. The van der Waals surface area contributed by atoms with Crippen LogP contribution in [0.5, 0.6) is 0 Å². The number of nitrogens with zero attached hydrogens (tertiary/aromatic N) is 4. The van der Waals surface area contributed by atoms with Gasteiger partial charge >= 0.3 is 0 Å². The second kappa shape index (κ2) is 8.60. The minimum absolute atomic E-state index is 0.0786. The number of hydrogen-bond donors (Lipinski definition) is 0. The Hall–Kier alpha value is -2.67. The number of fused-ring (bicyclic) bond motifs is 1. The van der Waals surface area contributed by atoms with Crippen molar-refractivity contribution in [3.8, 4) is 0 Å². The molecule has 0 radical (unpaired) electrons. The largest absolute Gasteiger partial charge is 0.338 e. The van der Waals surface area contributed by atoms with Crippen molar-refractivity contribution < 1.29 is 9.59 Å². The highest BCUT2D eigenvalue weighted by atomic mass is 32.1. The molecule has 3 aromatic rings. The zero-order valence-electron chi connectivity index (χ0n) is 17.8. The van der Waals surface area contributed by atoms with Gasteiger partial charge in [-0.25, -0.2) is 0 Å². The third-order valence-electron chi connectivity index (χ3n) is 5.85. The predicted molar refractivity (Wildman–Crippen MR) is 120 cm³/mol. The van der Waals surface area contributed by atoms with E-state index in [9.17, 15) is 9.59 Å². The molecule has 0 N–H and O–H groups in total. The van der Waals surface area contributed by atoms with Gasteiger partial charge in [-0.1, -0.05) is 25.1 Å². The summed E-state index contributed by atoms with van der Waals surface area (Å²) in [5.41, 5.74) is 1.68. The van der Waals surface area contributed by atoms with Gasteiger partial charge in [-0.2, -0.15) is 5.10 Å². The van der Waals surface area contributed by atoms with Gasteiger partial charge in [0.15, 0.2) is 0 Å². The number of piperidine rings is 1. The Labute approximate surface area is 181 Å². The molecule has 1 saturated heterocycles. The van der Waals surface area contributed by atoms with Crippen molar-refractivity contribution in [2.75, 3.05) is 19.6 Å². The van der Waals surface area contributed by atoms with E-state index in [2.05, 4.69) is 12.0 Å². The van der Waals surface area contributed by atoms with Gasteiger partial charge in [0.2, 0.25) is 0 Å². The Bertz CT molecular complexity index is 1010. The molecule has 1 aromatic carbocycles. The van der Waals surface area contributed by atoms with Crippen LogP contribution in [0.25, 0.3) is 10.2 Å². The number of hydrogen-bond acceptors (Lipinski definition) is 4. The Kier molecular flexibility index (Phi) is 5.90. The zero-order chi connectivity index (χ0) is 21.3. The summed E-state index contributed by atoms with van der Waals surface area (Å²) >= 11 is 1.52. The van der Waals surface area contributed by atoms with E-state index < -0.39 is 0 Å². The molecule has 7 heteroatoms. The van der Waals surface area contributed by atoms with Crippen molar-refractivity contribution in [3.63, 3.8) is 0 Å². The van der Waals surface area contributed by atoms with Crippen LogP contribution in [0.15, 0.2) is 36.4 Å². The molecular weight excluding hydrogens is 396 g/mol. The molecule has 158 valence electrons. The summed E-state index contributed by atoms with van der Waals surface area (Å²) in [6.45, 7) is 6.18. The molecule has 0 bridgehead atoms. The maximum atomic E-state index is 13.4. The first-order valence-corrected chi connectivity index (χ1v) is 11.4. The normalized spacial score (nSPS) is 15.0. The second-order valence-electron chi connectivity index (χ2n) is 7.93. The molecular formula is C23H28N4O2S. The lowest BCUT2D eigenvalue weighted by Crippen LogP contribution is -2.49. The number of carbonyl (C=O) groups excluding carboxylic acids is 2. The molecule has 1 aliphatic heterocycles. The molecule has 3 heterocycles. The predicted octanol–water partition coefficient (Wildman–Crippen LogP) is 4.10. The van der Waals surface area contributed by atoms with E-state index in [1.54, 1.807) is 0 Å². The Morgan fingerprint density at radius 3 is 2.53 bits per heavy atom. The van der Waals surface area contributed by atoms with Gasteiger partial charge in [-0.05, 0) is 44.4 Å². The van der Waals surface area contributed by atoms with E-state index in [0.717, 1.165) is 52.2 Å². The van der Waals surface area contributed by atoms with Gasteiger partial charge < -0.3 is 9.80 Å². The van der Waals surface area contributed by atoms with Crippen LogP contribution in [0, 0.1) is 6.92 Å². The fourth-order valence-electron chi connectivity index (χ4n) is 4.29. The molecule has 0 saturated carbocycles. The van der Waals surface area contributed by atoms with Gasteiger partial charge in [-0.15, -0.1) is 11.3 Å². The van der Waals surface area contributed by atoms with Crippen molar-refractivity contribution in [2.45, 2.75) is 39.2 Å². The zero-order valence-corrected chi connectivity index (χ0v) is 18.6. The number of thiophene rings is 1. The van der Waals surface area contributed by atoms with Crippen LogP contribution in [0.4, 0.5) is 0 Å². The van der Waals surface area contributed by atoms with Gasteiger partial charge in [0, 0.05) is 43.7 Å². The Morgan fingerprint density at radius 2 is 1.90 bits per heavy atom. The molecule has 0 spiro atoms. The topological polar surface area (TPSA) is 58.4 Å². The monoisotopic (exact) mass is 424 g/mol. The van der Waals surface area contributed by atoms with Gasteiger partial charge in [-0.3, -0.25) is 14.3 Å². The van der Waals surface area contributed by atoms with Crippen molar-refractivity contribution in [3.05, 3.63) is 52.5 Å². The Morgan fingerprint density at radius 1 is 1.20 bits per heavy atom. The fraction of sp³-hybridized carbons (Fsp3) is 0.435. The van der Waals surface area contributed by atoms with E-state index in [1.807, 2.05) is 64.9 Å².